The van der Waals surface area contributed by atoms with E-state index >= 15 is 0 Å². The minimum Gasteiger partial charge on any atom is -0.477 e. The van der Waals surface area contributed by atoms with Crippen molar-refractivity contribution in [1.82, 2.24) is 5.43 Å². The van der Waals surface area contributed by atoms with Crippen LogP contribution in [0.15, 0.2) is 5.10 Å². The summed E-state index contributed by atoms with van der Waals surface area (Å²) in [6.45, 7) is 4.38. The number of nitrogens with one attached hydrogen (secondary N) is 1. The minimum absolute atomic E-state index is 0.107. The monoisotopic (exact) mass is 186 g/mol. The van der Waals surface area contributed by atoms with Crippen LogP contribution >= 0.6 is 0 Å². The molecule has 0 rings (SSSR count). The SMILES string of the molecule is CCCCCCN/N=C(\C)C(=O)O. The highest BCUT2D eigenvalue weighted by Crippen LogP contribution is 1.96. The van der Waals surface area contributed by atoms with Gasteiger partial charge in [0, 0.05) is 6.54 Å². The molecule has 0 fully saturated rings. The van der Waals surface area contributed by atoms with Gasteiger partial charge in [0.1, 0.15) is 5.71 Å². The van der Waals surface area contributed by atoms with Crippen molar-refractivity contribution in [2.24, 2.45) is 5.10 Å². The predicted octanol–water partition coefficient (Wildman–Crippen LogP) is 1.62. The number of nitrogens with zero attached hydrogens (tertiary/aromatic N) is 1. The topological polar surface area (TPSA) is 61.7 Å². The maximum atomic E-state index is 10.3. The van der Waals surface area contributed by atoms with Gasteiger partial charge < -0.3 is 10.5 Å². The summed E-state index contributed by atoms with van der Waals surface area (Å²) in [6.07, 6.45) is 4.65. The Hall–Kier alpha value is -1.06. The van der Waals surface area contributed by atoms with E-state index in [0.29, 0.717) is 0 Å². The third-order valence-corrected chi connectivity index (χ3v) is 1.70. The highest BCUT2D eigenvalue weighted by molar-refractivity contribution is 6.34. The van der Waals surface area contributed by atoms with E-state index in [4.69, 9.17) is 5.11 Å². The summed E-state index contributed by atoms with van der Waals surface area (Å²) in [7, 11) is 0. The lowest BCUT2D eigenvalue weighted by Gasteiger charge is -2.00. The number of hydrogen-bond donors (Lipinski definition) is 2. The molecule has 4 heteroatoms. The number of aliphatic carboxylic acids is 1. The lowest BCUT2D eigenvalue weighted by atomic mass is 10.2. The van der Waals surface area contributed by atoms with E-state index in [-0.39, 0.29) is 5.71 Å². The molecule has 2 N–H and O–H groups in total. The molecule has 0 aliphatic carbocycles. The molecule has 0 heterocycles. The Kier molecular flexibility index (Phi) is 6.96. The molecule has 13 heavy (non-hydrogen) atoms. The Morgan fingerprint density at radius 3 is 2.62 bits per heavy atom. The van der Waals surface area contributed by atoms with Crippen LogP contribution in [0.2, 0.25) is 0 Å². The molecule has 0 unspecified atom stereocenters. The molecule has 0 saturated carbocycles. The smallest absolute Gasteiger partial charge is 0.351 e. The molecule has 0 bridgehead atoms. The Bertz CT molecular complexity index is 178. The summed E-state index contributed by atoms with van der Waals surface area (Å²) in [5.74, 6) is -0.971. The first-order valence-electron chi connectivity index (χ1n) is 4.69. The summed E-state index contributed by atoms with van der Waals surface area (Å²) >= 11 is 0. The van der Waals surface area contributed by atoms with Gasteiger partial charge in [-0.2, -0.15) is 5.10 Å². The van der Waals surface area contributed by atoms with E-state index in [0.717, 1.165) is 13.0 Å². The number of carboxylic acids is 1. The van der Waals surface area contributed by atoms with E-state index in [1.165, 1.54) is 26.2 Å². The highest BCUT2D eigenvalue weighted by Gasteiger charge is 1.99. The zero-order chi connectivity index (χ0) is 10.1. The standard InChI is InChI=1S/C9H18N2O2/c1-3-4-5-6-7-10-11-8(2)9(12)13/h10H,3-7H2,1-2H3,(H,12,13)/b11-8+. The summed E-state index contributed by atoms with van der Waals surface area (Å²) in [5.41, 5.74) is 2.84. The molecule has 0 saturated heterocycles. The predicted molar refractivity (Wildman–Crippen MR) is 52.9 cm³/mol. The first-order valence-corrected chi connectivity index (χ1v) is 4.69. The number of hydrazone groups is 1. The van der Waals surface area contributed by atoms with Crippen molar-refractivity contribution in [3.05, 3.63) is 0 Å². The van der Waals surface area contributed by atoms with Crippen LogP contribution in [-0.2, 0) is 4.79 Å². The third-order valence-electron chi connectivity index (χ3n) is 1.70. The second kappa shape index (κ2) is 7.58. The van der Waals surface area contributed by atoms with Gasteiger partial charge in [-0.1, -0.05) is 26.2 Å². The number of rotatable bonds is 7. The Morgan fingerprint density at radius 2 is 2.08 bits per heavy atom. The van der Waals surface area contributed by atoms with Crippen molar-refractivity contribution < 1.29 is 9.90 Å². The van der Waals surface area contributed by atoms with Crippen LogP contribution in [0.3, 0.4) is 0 Å². The van der Waals surface area contributed by atoms with Crippen LogP contribution in [0, 0.1) is 0 Å². The number of carboxylic acid groups (broad SMARTS) is 1. The molecule has 0 spiro atoms. The number of carbonyl (C=O) groups is 1. The van der Waals surface area contributed by atoms with Crippen molar-refractivity contribution in [2.45, 2.75) is 39.5 Å². The molecular weight excluding hydrogens is 168 g/mol. The first kappa shape index (κ1) is 11.9. The van der Waals surface area contributed by atoms with Crippen molar-refractivity contribution in [3.8, 4) is 0 Å². The van der Waals surface area contributed by atoms with Gasteiger partial charge >= 0.3 is 5.97 Å². The summed E-state index contributed by atoms with van der Waals surface area (Å²) in [4.78, 5) is 10.3. The minimum atomic E-state index is -0.971. The summed E-state index contributed by atoms with van der Waals surface area (Å²) in [5, 5.41) is 12.1. The van der Waals surface area contributed by atoms with E-state index in [9.17, 15) is 4.79 Å². The molecule has 4 nitrogen and oxygen atoms in total. The molecule has 0 amide bonds. The summed E-state index contributed by atoms with van der Waals surface area (Å²) in [6, 6.07) is 0. The fourth-order valence-corrected chi connectivity index (χ4v) is 0.853. The van der Waals surface area contributed by atoms with Crippen molar-refractivity contribution in [3.63, 3.8) is 0 Å². The third kappa shape index (κ3) is 7.31. The molecule has 0 aromatic rings. The average molecular weight is 186 g/mol. The van der Waals surface area contributed by atoms with E-state index in [1.54, 1.807) is 0 Å². The van der Waals surface area contributed by atoms with Crippen LogP contribution in [0.25, 0.3) is 0 Å². The van der Waals surface area contributed by atoms with Gasteiger partial charge in [0.2, 0.25) is 0 Å². The highest BCUT2D eigenvalue weighted by atomic mass is 16.4. The fourth-order valence-electron chi connectivity index (χ4n) is 0.853. The van der Waals surface area contributed by atoms with Crippen LogP contribution in [0.4, 0.5) is 0 Å². The van der Waals surface area contributed by atoms with E-state index in [2.05, 4.69) is 17.5 Å². The Balaban J connectivity index is 3.34. The number of unbranched alkanes of at least 4 members (excludes halogenated alkanes) is 3. The Morgan fingerprint density at radius 1 is 1.38 bits per heavy atom. The van der Waals surface area contributed by atoms with Gasteiger partial charge in [-0.3, -0.25) is 0 Å². The largest absolute Gasteiger partial charge is 0.477 e. The maximum absolute atomic E-state index is 10.3. The molecule has 0 radical (unpaired) electrons. The van der Waals surface area contributed by atoms with Gasteiger partial charge in [-0.25, -0.2) is 4.79 Å². The van der Waals surface area contributed by atoms with Crippen molar-refractivity contribution in [2.75, 3.05) is 6.54 Å². The van der Waals surface area contributed by atoms with Gasteiger partial charge in [-0.15, -0.1) is 0 Å². The van der Waals surface area contributed by atoms with E-state index < -0.39 is 5.97 Å². The lowest BCUT2D eigenvalue weighted by molar-refractivity contribution is -0.129. The normalized spacial score (nSPS) is 11.4. The average Bonchev–Trinajstić information content (AvgIpc) is 2.10. The van der Waals surface area contributed by atoms with Crippen molar-refractivity contribution >= 4 is 11.7 Å². The maximum Gasteiger partial charge on any atom is 0.351 e. The zero-order valence-corrected chi connectivity index (χ0v) is 8.34. The molecule has 0 aromatic carbocycles. The summed E-state index contributed by atoms with van der Waals surface area (Å²) < 4.78 is 0. The fraction of sp³-hybridized carbons (Fsp3) is 0.778. The van der Waals surface area contributed by atoms with Crippen LogP contribution in [0.5, 0.6) is 0 Å². The first-order chi connectivity index (χ1) is 6.18. The van der Waals surface area contributed by atoms with Gasteiger partial charge in [0.15, 0.2) is 0 Å². The lowest BCUT2D eigenvalue weighted by Crippen LogP contribution is -2.16. The van der Waals surface area contributed by atoms with Crippen LogP contribution < -0.4 is 5.43 Å². The van der Waals surface area contributed by atoms with Gasteiger partial charge in [0.25, 0.3) is 0 Å². The van der Waals surface area contributed by atoms with Crippen LogP contribution in [-0.4, -0.2) is 23.3 Å². The molecule has 0 aliphatic heterocycles. The Labute approximate surface area is 79.0 Å². The van der Waals surface area contributed by atoms with E-state index in [1.807, 2.05) is 0 Å². The quantitative estimate of drug-likeness (QED) is 0.361. The van der Waals surface area contributed by atoms with Crippen LogP contribution in [0.1, 0.15) is 39.5 Å². The molecule has 0 aliphatic rings. The molecule has 76 valence electrons. The number of hydrogen-bond acceptors (Lipinski definition) is 3. The molecular formula is C9H18N2O2. The molecule has 0 aromatic heterocycles. The van der Waals surface area contributed by atoms with Gasteiger partial charge in [0.05, 0.1) is 0 Å². The van der Waals surface area contributed by atoms with Gasteiger partial charge in [-0.05, 0) is 13.3 Å². The zero-order valence-electron chi connectivity index (χ0n) is 8.34. The second-order valence-electron chi connectivity index (χ2n) is 2.97. The van der Waals surface area contributed by atoms with Crippen molar-refractivity contribution in [1.29, 1.82) is 0 Å². The molecule has 0 atom stereocenters. The second-order valence-corrected chi connectivity index (χ2v) is 2.97.